The van der Waals surface area contributed by atoms with Crippen LogP contribution >= 0.6 is 0 Å². The van der Waals surface area contributed by atoms with Crippen molar-refractivity contribution in [2.75, 3.05) is 55.0 Å². The zero-order valence-corrected chi connectivity index (χ0v) is 12.6. The van der Waals surface area contributed by atoms with Crippen LogP contribution in [-0.4, -0.2) is 60.2 Å². The number of anilines is 3. The molecule has 0 unspecified atom stereocenters. The van der Waals surface area contributed by atoms with E-state index in [-0.39, 0.29) is 0 Å². The van der Waals surface area contributed by atoms with Crippen LogP contribution in [-0.2, 0) is 0 Å². The SMILES string of the molecule is CN(C)c1nccc(N2CCN(c3ncc(F)cn3)CC2)n1. The maximum absolute atomic E-state index is 12.9. The maximum Gasteiger partial charge on any atom is 0.226 e. The highest BCUT2D eigenvalue weighted by Gasteiger charge is 2.20. The molecular formula is C14H18FN7. The van der Waals surface area contributed by atoms with Gasteiger partial charge >= 0.3 is 0 Å². The van der Waals surface area contributed by atoms with Gasteiger partial charge < -0.3 is 14.7 Å². The number of rotatable bonds is 3. The Balaban J connectivity index is 1.66. The Morgan fingerprint density at radius 3 is 2.27 bits per heavy atom. The van der Waals surface area contributed by atoms with E-state index < -0.39 is 5.82 Å². The molecule has 116 valence electrons. The first-order chi connectivity index (χ1) is 10.6. The van der Waals surface area contributed by atoms with Crippen LogP contribution in [0.3, 0.4) is 0 Å². The van der Waals surface area contributed by atoms with Crippen LogP contribution in [0, 0.1) is 5.82 Å². The molecule has 0 saturated carbocycles. The summed E-state index contributed by atoms with van der Waals surface area (Å²) in [5, 5.41) is 0. The lowest BCUT2D eigenvalue weighted by Gasteiger charge is -2.35. The van der Waals surface area contributed by atoms with E-state index in [0.29, 0.717) is 11.9 Å². The molecule has 0 aliphatic carbocycles. The number of nitrogens with zero attached hydrogens (tertiary/aromatic N) is 7. The van der Waals surface area contributed by atoms with Crippen LogP contribution in [0.5, 0.6) is 0 Å². The summed E-state index contributed by atoms with van der Waals surface area (Å²) >= 11 is 0. The second kappa shape index (κ2) is 6.08. The Labute approximate surface area is 128 Å². The average molecular weight is 303 g/mol. The number of piperazine rings is 1. The molecule has 2 aromatic rings. The lowest BCUT2D eigenvalue weighted by atomic mass is 10.3. The Morgan fingerprint density at radius 1 is 1.00 bits per heavy atom. The van der Waals surface area contributed by atoms with Crippen molar-refractivity contribution in [3.63, 3.8) is 0 Å². The monoisotopic (exact) mass is 303 g/mol. The van der Waals surface area contributed by atoms with Crippen LogP contribution in [0.15, 0.2) is 24.7 Å². The lowest BCUT2D eigenvalue weighted by Crippen LogP contribution is -2.47. The van der Waals surface area contributed by atoms with E-state index in [1.165, 1.54) is 12.4 Å². The summed E-state index contributed by atoms with van der Waals surface area (Å²) in [7, 11) is 3.84. The molecule has 3 rings (SSSR count). The van der Waals surface area contributed by atoms with Crippen molar-refractivity contribution in [3.8, 4) is 0 Å². The molecule has 0 atom stereocenters. The molecule has 0 bridgehead atoms. The Hall–Kier alpha value is -2.51. The fourth-order valence-electron chi connectivity index (χ4n) is 2.34. The van der Waals surface area contributed by atoms with E-state index in [4.69, 9.17) is 0 Å². The molecule has 0 N–H and O–H groups in total. The average Bonchev–Trinajstić information content (AvgIpc) is 2.56. The first-order valence-corrected chi connectivity index (χ1v) is 7.11. The number of halogens is 1. The number of hydrogen-bond acceptors (Lipinski definition) is 7. The van der Waals surface area contributed by atoms with E-state index >= 15 is 0 Å². The predicted molar refractivity (Wildman–Crippen MR) is 82.8 cm³/mol. The van der Waals surface area contributed by atoms with Gasteiger partial charge in [0.25, 0.3) is 0 Å². The first-order valence-electron chi connectivity index (χ1n) is 7.11. The van der Waals surface area contributed by atoms with Crippen LogP contribution in [0.1, 0.15) is 0 Å². The zero-order valence-electron chi connectivity index (χ0n) is 12.6. The Morgan fingerprint density at radius 2 is 1.64 bits per heavy atom. The van der Waals surface area contributed by atoms with Crippen LogP contribution in [0.2, 0.25) is 0 Å². The van der Waals surface area contributed by atoms with Gasteiger partial charge in [0.15, 0.2) is 5.82 Å². The molecule has 3 heterocycles. The van der Waals surface area contributed by atoms with Crippen molar-refractivity contribution >= 4 is 17.7 Å². The fourth-order valence-corrected chi connectivity index (χ4v) is 2.34. The molecule has 0 amide bonds. The minimum atomic E-state index is -0.417. The third kappa shape index (κ3) is 3.05. The summed E-state index contributed by atoms with van der Waals surface area (Å²) in [6, 6.07) is 1.91. The molecule has 2 aromatic heterocycles. The zero-order chi connectivity index (χ0) is 15.5. The molecule has 0 radical (unpaired) electrons. The van der Waals surface area contributed by atoms with E-state index in [1.54, 1.807) is 6.20 Å². The second-order valence-electron chi connectivity index (χ2n) is 5.28. The third-order valence-corrected chi connectivity index (χ3v) is 3.52. The van der Waals surface area contributed by atoms with Crippen molar-refractivity contribution in [1.29, 1.82) is 0 Å². The Kier molecular flexibility index (Phi) is 3.99. The standard InChI is InChI=1S/C14H18FN7/c1-20(2)14-16-4-3-12(19-14)21-5-7-22(8-6-21)13-17-9-11(15)10-18-13/h3-4,9-10H,5-8H2,1-2H3. The summed E-state index contributed by atoms with van der Waals surface area (Å²) in [5.41, 5.74) is 0. The smallest absolute Gasteiger partial charge is 0.226 e. The molecule has 0 spiro atoms. The van der Waals surface area contributed by atoms with E-state index in [2.05, 4.69) is 24.8 Å². The van der Waals surface area contributed by atoms with Gasteiger partial charge in [0.1, 0.15) is 5.82 Å². The van der Waals surface area contributed by atoms with Gasteiger partial charge in [-0.1, -0.05) is 0 Å². The summed E-state index contributed by atoms with van der Waals surface area (Å²) in [4.78, 5) is 23.0. The van der Waals surface area contributed by atoms with Gasteiger partial charge in [-0.05, 0) is 6.07 Å². The Bertz CT molecular complexity index is 623. The summed E-state index contributed by atoms with van der Waals surface area (Å²) < 4.78 is 12.9. The van der Waals surface area contributed by atoms with E-state index in [0.717, 1.165) is 32.0 Å². The minimum absolute atomic E-state index is 0.417. The van der Waals surface area contributed by atoms with Gasteiger partial charge in [-0.15, -0.1) is 0 Å². The van der Waals surface area contributed by atoms with Crippen LogP contribution in [0.4, 0.5) is 22.1 Å². The third-order valence-electron chi connectivity index (χ3n) is 3.52. The molecule has 1 aliphatic heterocycles. The number of aromatic nitrogens is 4. The molecular weight excluding hydrogens is 285 g/mol. The molecule has 1 aliphatic rings. The highest BCUT2D eigenvalue weighted by molar-refractivity contribution is 5.45. The highest BCUT2D eigenvalue weighted by atomic mass is 19.1. The van der Waals surface area contributed by atoms with Crippen LogP contribution in [0.25, 0.3) is 0 Å². The van der Waals surface area contributed by atoms with Crippen molar-refractivity contribution in [2.24, 2.45) is 0 Å². The molecule has 22 heavy (non-hydrogen) atoms. The van der Waals surface area contributed by atoms with Gasteiger partial charge in [0.2, 0.25) is 11.9 Å². The summed E-state index contributed by atoms with van der Waals surface area (Å²) in [6.07, 6.45) is 4.16. The molecule has 8 heteroatoms. The van der Waals surface area contributed by atoms with E-state index in [9.17, 15) is 4.39 Å². The van der Waals surface area contributed by atoms with Gasteiger partial charge in [-0.25, -0.2) is 19.3 Å². The van der Waals surface area contributed by atoms with Gasteiger partial charge in [-0.2, -0.15) is 4.98 Å². The number of hydrogen-bond donors (Lipinski definition) is 0. The normalized spacial score (nSPS) is 15.0. The van der Waals surface area contributed by atoms with E-state index in [1.807, 2.05) is 30.0 Å². The van der Waals surface area contributed by atoms with Crippen molar-refractivity contribution in [1.82, 2.24) is 19.9 Å². The second-order valence-corrected chi connectivity index (χ2v) is 5.28. The van der Waals surface area contributed by atoms with Crippen molar-refractivity contribution in [3.05, 3.63) is 30.5 Å². The molecule has 1 saturated heterocycles. The van der Waals surface area contributed by atoms with Crippen LogP contribution < -0.4 is 14.7 Å². The van der Waals surface area contributed by atoms with Gasteiger partial charge in [0, 0.05) is 46.5 Å². The van der Waals surface area contributed by atoms with Gasteiger partial charge in [-0.3, -0.25) is 0 Å². The van der Waals surface area contributed by atoms with Crippen molar-refractivity contribution in [2.45, 2.75) is 0 Å². The van der Waals surface area contributed by atoms with Gasteiger partial charge in [0.05, 0.1) is 12.4 Å². The van der Waals surface area contributed by atoms with Crippen molar-refractivity contribution < 1.29 is 4.39 Å². The largest absolute Gasteiger partial charge is 0.353 e. The molecule has 0 aromatic carbocycles. The highest BCUT2D eigenvalue weighted by Crippen LogP contribution is 2.17. The minimum Gasteiger partial charge on any atom is -0.353 e. The topological polar surface area (TPSA) is 61.3 Å². The summed E-state index contributed by atoms with van der Waals surface area (Å²) in [5.74, 6) is 1.76. The molecule has 7 nitrogen and oxygen atoms in total. The summed E-state index contributed by atoms with van der Waals surface area (Å²) in [6.45, 7) is 3.16. The maximum atomic E-state index is 12.9. The fraction of sp³-hybridized carbons (Fsp3) is 0.429. The lowest BCUT2D eigenvalue weighted by molar-refractivity contribution is 0.601. The quantitative estimate of drug-likeness (QED) is 0.831. The predicted octanol–water partition coefficient (Wildman–Crippen LogP) is 0.798. The molecule has 1 fully saturated rings. The first kappa shape index (κ1) is 14.4.